The molecule has 1 aliphatic rings. The number of nitro benzene ring substituents is 1. The Labute approximate surface area is 140 Å². The van der Waals surface area contributed by atoms with E-state index >= 15 is 0 Å². The second kappa shape index (κ2) is 6.29. The molecule has 0 bridgehead atoms. The average molecular weight is 347 g/mol. The van der Waals surface area contributed by atoms with Crippen molar-refractivity contribution in [2.24, 2.45) is 0 Å². The maximum atomic E-state index is 12.9. The molecule has 1 saturated heterocycles. The van der Waals surface area contributed by atoms with Crippen LogP contribution in [0.1, 0.15) is 23.6 Å². The van der Waals surface area contributed by atoms with Gasteiger partial charge in [-0.1, -0.05) is 12.1 Å². The highest BCUT2D eigenvalue weighted by molar-refractivity contribution is 7.89. The summed E-state index contributed by atoms with van der Waals surface area (Å²) in [5.41, 5.74) is 1.15. The van der Waals surface area contributed by atoms with Crippen LogP contribution < -0.4 is 0 Å². The Morgan fingerprint density at radius 2 is 2.08 bits per heavy atom. The molecule has 1 atom stereocenters. The van der Waals surface area contributed by atoms with Crippen LogP contribution in [-0.2, 0) is 10.0 Å². The fraction of sp³-hybridized carbons (Fsp3) is 0.312. The van der Waals surface area contributed by atoms with Crippen molar-refractivity contribution in [2.45, 2.75) is 24.2 Å². The lowest BCUT2D eigenvalue weighted by Crippen LogP contribution is -2.29. The van der Waals surface area contributed by atoms with Gasteiger partial charge in [0.05, 0.1) is 9.82 Å². The Bertz CT molecular complexity index is 868. The smallest absolute Gasteiger partial charge is 0.261 e. The summed E-state index contributed by atoms with van der Waals surface area (Å²) in [6, 6.07) is 9.51. The number of sulfonamides is 1. The number of benzene rings is 1. The monoisotopic (exact) mass is 347 g/mol. The normalized spacial score (nSPS) is 18.6. The summed E-state index contributed by atoms with van der Waals surface area (Å²) in [7, 11) is -3.77. The van der Waals surface area contributed by atoms with Crippen LogP contribution in [0.2, 0.25) is 0 Å². The van der Waals surface area contributed by atoms with E-state index in [9.17, 15) is 18.5 Å². The van der Waals surface area contributed by atoms with E-state index in [2.05, 4.69) is 4.98 Å². The van der Waals surface area contributed by atoms with Crippen molar-refractivity contribution in [3.05, 3.63) is 64.0 Å². The molecule has 1 aromatic heterocycles. The molecule has 1 fully saturated rings. The van der Waals surface area contributed by atoms with Gasteiger partial charge >= 0.3 is 0 Å². The lowest BCUT2D eigenvalue weighted by Gasteiger charge is -2.18. The molecule has 24 heavy (non-hydrogen) atoms. The zero-order valence-electron chi connectivity index (χ0n) is 13.1. The molecule has 8 heteroatoms. The first-order valence-corrected chi connectivity index (χ1v) is 8.99. The first-order chi connectivity index (χ1) is 11.4. The molecule has 0 N–H and O–H groups in total. The van der Waals surface area contributed by atoms with Crippen LogP contribution in [0.4, 0.5) is 5.69 Å². The molecule has 0 spiro atoms. The minimum absolute atomic E-state index is 0.00151. The summed E-state index contributed by atoms with van der Waals surface area (Å²) in [4.78, 5) is 14.6. The number of nitrogens with zero attached hydrogens (tertiary/aromatic N) is 3. The zero-order chi connectivity index (χ0) is 17.3. The number of aryl methyl sites for hydroxylation is 1. The van der Waals surface area contributed by atoms with Crippen molar-refractivity contribution < 1.29 is 13.3 Å². The average Bonchev–Trinajstić information content (AvgIpc) is 3.06. The van der Waals surface area contributed by atoms with Crippen molar-refractivity contribution >= 4 is 15.7 Å². The number of hydrogen-bond acceptors (Lipinski definition) is 5. The summed E-state index contributed by atoms with van der Waals surface area (Å²) in [6.07, 6.45) is 2.38. The molecule has 126 valence electrons. The van der Waals surface area contributed by atoms with Gasteiger partial charge in [0.15, 0.2) is 0 Å². The Morgan fingerprint density at radius 3 is 2.75 bits per heavy atom. The van der Waals surface area contributed by atoms with E-state index in [1.54, 1.807) is 13.1 Å². The molecular formula is C16H17N3O4S. The minimum Gasteiger partial charge on any atom is -0.261 e. The molecule has 7 nitrogen and oxygen atoms in total. The van der Waals surface area contributed by atoms with Crippen LogP contribution in [0.25, 0.3) is 0 Å². The topological polar surface area (TPSA) is 93.4 Å². The molecule has 2 aromatic rings. The van der Waals surface area contributed by atoms with Gasteiger partial charge in [0.2, 0.25) is 10.0 Å². The van der Waals surface area contributed by atoms with Crippen molar-refractivity contribution in [1.82, 2.24) is 9.29 Å². The van der Waals surface area contributed by atoms with Crippen molar-refractivity contribution in [3.63, 3.8) is 0 Å². The fourth-order valence-electron chi connectivity index (χ4n) is 2.92. The first-order valence-electron chi connectivity index (χ1n) is 7.55. The molecule has 0 amide bonds. The number of non-ortho nitro benzene ring substituents is 1. The van der Waals surface area contributed by atoms with Crippen LogP contribution in [0, 0.1) is 17.0 Å². The highest BCUT2D eigenvalue weighted by atomic mass is 32.2. The third-order valence-electron chi connectivity index (χ3n) is 4.26. The highest BCUT2D eigenvalue weighted by Crippen LogP contribution is 2.32. The SMILES string of the molecule is Cc1ccc([N+](=O)[O-])cc1S(=O)(=O)N1CCC(c2ccccn2)C1. The fourth-order valence-corrected chi connectivity index (χ4v) is 4.67. The summed E-state index contributed by atoms with van der Waals surface area (Å²) < 4.78 is 27.2. The van der Waals surface area contributed by atoms with Crippen LogP contribution in [0.3, 0.4) is 0 Å². The van der Waals surface area contributed by atoms with E-state index in [1.807, 2.05) is 18.2 Å². The van der Waals surface area contributed by atoms with E-state index in [-0.39, 0.29) is 16.5 Å². The van der Waals surface area contributed by atoms with Crippen molar-refractivity contribution in [2.75, 3.05) is 13.1 Å². The molecule has 1 aliphatic heterocycles. The van der Waals surface area contributed by atoms with Crippen molar-refractivity contribution in [1.29, 1.82) is 0 Å². The van der Waals surface area contributed by atoms with Gasteiger partial charge in [-0.25, -0.2) is 8.42 Å². The molecule has 0 saturated carbocycles. The van der Waals surface area contributed by atoms with Crippen LogP contribution in [-0.4, -0.2) is 35.7 Å². The first kappa shape index (κ1) is 16.5. The summed E-state index contributed by atoms with van der Waals surface area (Å²) in [6.45, 7) is 2.36. The van der Waals surface area contributed by atoms with E-state index in [0.29, 0.717) is 25.1 Å². The Morgan fingerprint density at radius 1 is 1.29 bits per heavy atom. The minimum atomic E-state index is -3.77. The lowest BCUT2D eigenvalue weighted by atomic mass is 10.0. The number of nitro groups is 1. The zero-order valence-corrected chi connectivity index (χ0v) is 13.9. The van der Waals surface area contributed by atoms with Crippen molar-refractivity contribution in [3.8, 4) is 0 Å². The van der Waals surface area contributed by atoms with Crippen LogP contribution in [0.5, 0.6) is 0 Å². The largest absolute Gasteiger partial charge is 0.270 e. The van der Waals surface area contributed by atoms with Gasteiger partial charge in [0.25, 0.3) is 5.69 Å². The molecule has 0 radical (unpaired) electrons. The quantitative estimate of drug-likeness (QED) is 0.625. The second-order valence-electron chi connectivity index (χ2n) is 5.81. The molecule has 1 aromatic carbocycles. The lowest BCUT2D eigenvalue weighted by molar-refractivity contribution is -0.385. The molecule has 3 rings (SSSR count). The Hall–Kier alpha value is -2.32. The van der Waals surface area contributed by atoms with Crippen LogP contribution >= 0.6 is 0 Å². The highest BCUT2D eigenvalue weighted by Gasteiger charge is 2.35. The summed E-state index contributed by atoms with van der Waals surface area (Å²) in [5, 5.41) is 10.9. The van der Waals surface area contributed by atoms with Gasteiger partial charge in [0, 0.05) is 43.0 Å². The van der Waals surface area contributed by atoms with E-state index in [4.69, 9.17) is 0 Å². The van der Waals surface area contributed by atoms with Gasteiger partial charge in [-0.05, 0) is 31.0 Å². The number of aromatic nitrogens is 1. The standard InChI is InChI=1S/C16H17N3O4S/c1-12-5-6-14(19(20)21)10-16(12)24(22,23)18-9-7-13(11-18)15-4-2-3-8-17-15/h2-6,8,10,13H,7,9,11H2,1H3. The second-order valence-corrected chi connectivity index (χ2v) is 7.72. The van der Waals surface area contributed by atoms with Gasteiger partial charge in [-0.3, -0.25) is 15.1 Å². The van der Waals surface area contributed by atoms with Gasteiger partial charge in [0.1, 0.15) is 0 Å². The van der Waals surface area contributed by atoms with E-state index in [0.717, 1.165) is 11.8 Å². The van der Waals surface area contributed by atoms with Gasteiger partial charge in [-0.15, -0.1) is 0 Å². The number of rotatable bonds is 4. The van der Waals surface area contributed by atoms with E-state index < -0.39 is 14.9 Å². The predicted molar refractivity (Wildman–Crippen MR) is 88.2 cm³/mol. The third kappa shape index (κ3) is 3.02. The molecule has 0 aliphatic carbocycles. The number of hydrogen-bond donors (Lipinski definition) is 0. The van der Waals surface area contributed by atoms with Gasteiger partial charge in [-0.2, -0.15) is 4.31 Å². The molecule has 1 unspecified atom stereocenters. The summed E-state index contributed by atoms with van der Waals surface area (Å²) in [5.74, 6) is 0.0416. The maximum absolute atomic E-state index is 12.9. The Balaban J connectivity index is 1.90. The third-order valence-corrected chi connectivity index (χ3v) is 6.26. The summed E-state index contributed by atoms with van der Waals surface area (Å²) >= 11 is 0. The maximum Gasteiger partial charge on any atom is 0.270 e. The number of pyridine rings is 1. The predicted octanol–water partition coefficient (Wildman–Crippen LogP) is 2.48. The van der Waals surface area contributed by atoms with E-state index in [1.165, 1.54) is 16.4 Å². The molecule has 2 heterocycles. The molecular weight excluding hydrogens is 330 g/mol. The Kier molecular flexibility index (Phi) is 4.33. The van der Waals surface area contributed by atoms with Gasteiger partial charge < -0.3 is 0 Å². The van der Waals surface area contributed by atoms with Crippen LogP contribution in [0.15, 0.2) is 47.5 Å².